The zero-order chi connectivity index (χ0) is 12.1. The van der Waals surface area contributed by atoms with Crippen LogP contribution in [0.5, 0.6) is 0 Å². The van der Waals surface area contributed by atoms with Crippen LogP contribution in [0.2, 0.25) is 0 Å². The van der Waals surface area contributed by atoms with Gasteiger partial charge in [0.05, 0.1) is 18.0 Å². The average Bonchev–Trinajstić information content (AvgIpc) is 2.75. The van der Waals surface area contributed by atoms with Crippen molar-refractivity contribution in [2.75, 3.05) is 5.75 Å². The Kier molecular flexibility index (Phi) is 3.77. The summed E-state index contributed by atoms with van der Waals surface area (Å²) in [4.78, 5) is 18.8. The van der Waals surface area contributed by atoms with Crippen molar-refractivity contribution in [3.63, 3.8) is 0 Å². The molecule has 0 bridgehead atoms. The fraction of sp³-hybridized carbons (Fsp3) is 0.182. The van der Waals surface area contributed by atoms with Gasteiger partial charge in [0.25, 0.3) is 0 Å². The maximum absolute atomic E-state index is 10.5. The molecule has 2 aromatic heterocycles. The molecule has 0 aliphatic carbocycles. The van der Waals surface area contributed by atoms with Gasteiger partial charge in [0, 0.05) is 18.6 Å². The highest BCUT2D eigenvalue weighted by molar-refractivity contribution is 7.99. The Bertz CT molecular complexity index is 498. The molecular weight excluding hydrogens is 238 g/mol. The molecule has 0 saturated carbocycles. The first kappa shape index (κ1) is 11.7. The molecule has 0 aliphatic rings. The minimum Gasteiger partial charge on any atom is -0.481 e. The van der Waals surface area contributed by atoms with Crippen LogP contribution in [0, 0.1) is 0 Å². The molecule has 6 heteroatoms. The van der Waals surface area contributed by atoms with E-state index in [1.807, 2.05) is 29.0 Å². The zero-order valence-electron chi connectivity index (χ0n) is 8.98. The predicted molar refractivity (Wildman–Crippen MR) is 63.9 cm³/mol. The van der Waals surface area contributed by atoms with Gasteiger partial charge in [-0.1, -0.05) is 17.8 Å². The molecule has 1 N–H and O–H groups in total. The summed E-state index contributed by atoms with van der Waals surface area (Å²) >= 11 is 1.21. The van der Waals surface area contributed by atoms with Crippen molar-refractivity contribution >= 4 is 17.7 Å². The molecule has 5 nitrogen and oxygen atoms in total. The lowest BCUT2D eigenvalue weighted by molar-refractivity contribution is -0.133. The number of pyridine rings is 1. The van der Waals surface area contributed by atoms with Crippen molar-refractivity contribution in [1.29, 1.82) is 0 Å². The fourth-order valence-electron chi connectivity index (χ4n) is 1.35. The summed E-state index contributed by atoms with van der Waals surface area (Å²) in [7, 11) is 0. The van der Waals surface area contributed by atoms with Crippen LogP contribution in [-0.2, 0) is 11.3 Å². The fourth-order valence-corrected chi connectivity index (χ4v) is 2.03. The summed E-state index contributed by atoms with van der Waals surface area (Å²) in [5.41, 5.74) is 0.919. The molecule has 2 heterocycles. The number of rotatable bonds is 5. The second-order valence-electron chi connectivity index (χ2n) is 3.34. The van der Waals surface area contributed by atoms with Crippen LogP contribution in [0.15, 0.2) is 41.9 Å². The van der Waals surface area contributed by atoms with Gasteiger partial charge in [-0.2, -0.15) is 0 Å². The van der Waals surface area contributed by atoms with Gasteiger partial charge in [0.2, 0.25) is 0 Å². The first-order valence-corrected chi connectivity index (χ1v) is 6.00. The van der Waals surface area contributed by atoms with E-state index in [1.54, 1.807) is 12.4 Å². The number of nitrogens with zero attached hydrogens (tertiary/aromatic N) is 3. The Morgan fingerprint density at radius 1 is 1.35 bits per heavy atom. The summed E-state index contributed by atoms with van der Waals surface area (Å²) in [5.74, 6) is -0.832. The Morgan fingerprint density at radius 3 is 2.94 bits per heavy atom. The second kappa shape index (κ2) is 5.49. The molecule has 2 rings (SSSR count). The summed E-state index contributed by atoms with van der Waals surface area (Å²) in [6.45, 7) is 0.600. The van der Waals surface area contributed by atoms with Crippen molar-refractivity contribution in [1.82, 2.24) is 14.5 Å². The Labute approximate surface area is 103 Å². The molecule has 88 valence electrons. The van der Waals surface area contributed by atoms with Gasteiger partial charge in [-0.15, -0.1) is 0 Å². The zero-order valence-corrected chi connectivity index (χ0v) is 9.80. The van der Waals surface area contributed by atoms with Crippen LogP contribution in [0.3, 0.4) is 0 Å². The van der Waals surface area contributed by atoms with E-state index in [4.69, 9.17) is 5.11 Å². The van der Waals surface area contributed by atoms with Gasteiger partial charge in [0.1, 0.15) is 0 Å². The maximum atomic E-state index is 10.5. The van der Waals surface area contributed by atoms with E-state index in [2.05, 4.69) is 9.97 Å². The van der Waals surface area contributed by atoms with Crippen molar-refractivity contribution in [3.05, 3.63) is 42.5 Å². The number of imidazole rings is 1. The van der Waals surface area contributed by atoms with Crippen molar-refractivity contribution in [3.8, 4) is 0 Å². The standard InChI is InChI=1S/C11H11N3O2S/c15-10(16)8-17-11-13-5-6-14(11)7-9-3-1-2-4-12-9/h1-6H,7-8H2,(H,15,16). The number of carboxylic acid groups (broad SMARTS) is 1. The minimum atomic E-state index is -0.845. The lowest BCUT2D eigenvalue weighted by Gasteiger charge is -2.05. The van der Waals surface area contributed by atoms with Gasteiger partial charge >= 0.3 is 5.97 Å². The monoisotopic (exact) mass is 249 g/mol. The Hall–Kier alpha value is -1.82. The summed E-state index contributed by atoms with van der Waals surface area (Å²) in [5, 5.41) is 9.32. The van der Waals surface area contributed by atoms with Gasteiger partial charge < -0.3 is 9.67 Å². The Morgan fingerprint density at radius 2 is 2.24 bits per heavy atom. The topological polar surface area (TPSA) is 68.0 Å². The van der Waals surface area contributed by atoms with Crippen LogP contribution < -0.4 is 0 Å². The molecule has 0 fully saturated rings. The number of aliphatic carboxylic acids is 1. The van der Waals surface area contributed by atoms with E-state index >= 15 is 0 Å². The second-order valence-corrected chi connectivity index (χ2v) is 4.28. The summed E-state index contributed by atoms with van der Waals surface area (Å²) < 4.78 is 1.88. The van der Waals surface area contributed by atoms with Crippen molar-refractivity contribution in [2.24, 2.45) is 0 Å². The molecule has 0 radical (unpaired) electrons. The van der Waals surface area contributed by atoms with Crippen molar-refractivity contribution in [2.45, 2.75) is 11.7 Å². The van der Waals surface area contributed by atoms with Gasteiger partial charge in [-0.05, 0) is 12.1 Å². The summed E-state index contributed by atoms with van der Waals surface area (Å²) in [6, 6.07) is 5.70. The number of hydrogen-bond donors (Lipinski definition) is 1. The number of carboxylic acids is 1. The number of hydrogen-bond acceptors (Lipinski definition) is 4. The van der Waals surface area contributed by atoms with E-state index in [9.17, 15) is 4.79 Å². The number of carbonyl (C=O) groups is 1. The molecule has 0 amide bonds. The largest absolute Gasteiger partial charge is 0.481 e. The normalized spacial score (nSPS) is 10.4. The van der Waals surface area contributed by atoms with E-state index in [1.165, 1.54) is 11.8 Å². The molecule has 2 aromatic rings. The Balaban J connectivity index is 2.06. The SMILES string of the molecule is O=C(O)CSc1nccn1Cc1ccccn1. The van der Waals surface area contributed by atoms with E-state index < -0.39 is 5.97 Å². The molecule has 0 aliphatic heterocycles. The van der Waals surface area contributed by atoms with E-state index in [0.717, 1.165) is 5.69 Å². The highest BCUT2D eigenvalue weighted by atomic mass is 32.2. The molecule has 0 spiro atoms. The number of aromatic nitrogens is 3. The van der Waals surface area contributed by atoms with Crippen LogP contribution in [0.1, 0.15) is 5.69 Å². The summed E-state index contributed by atoms with van der Waals surface area (Å²) in [6.07, 6.45) is 5.21. The first-order chi connectivity index (χ1) is 8.25. The maximum Gasteiger partial charge on any atom is 0.313 e. The molecular formula is C11H11N3O2S. The third-order valence-electron chi connectivity index (χ3n) is 2.06. The van der Waals surface area contributed by atoms with Gasteiger partial charge in [0.15, 0.2) is 5.16 Å². The molecule has 0 unspecified atom stereocenters. The predicted octanol–water partition coefficient (Wildman–Crippen LogP) is 1.50. The quantitative estimate of drug-likeness (QED) is 0.813. The van der Waals surface area contributed by atoms with Crippen LogP contribution in [-0.4, -0.2) is 31.4 Å². The van der Waals surface area contributed by atoms with E-state index in [0.29, 0.717) is 11.7 Å². The lowest BCUT2D eigenvalue weighted by Crippen LogP contribution is -2.04. The molecule has 0 aromatic carbocycles. The van der Waals surface area contributed by atoms with E-state index in [-0.39, 0.29) is 5.75 Å². The van der Waals surface area contributed by atoms with Crippen LogP contribution in [0.4, 0.5) is 0 Å². The molecule has 0 atom stereocenters. The first-order valence-electron chi connectivity index (χ1n) is 5.01. The van der Waals surface area contributed by atoms with Gasteiger partial charge in [-0.3, -0.25) is 9.78 Å². The average molecular weight is 249 g/mol. The third-order valence-corrected chi connectivity index (χ3v) is 3.05. The lowest BCUT2D eigenvalue weighted by atomic mass is 10.3. The highest BCUT2D eigenvalue weighted by Crippen LogP contribution is 2.16. The smallest absolute Gasteiger partial charge is 0.313 e. The van der Waals surface area contributed by atoms with Crippen LogP contribution in [0.25, 0.3) is 0 Å². The van der Waals surface area contributed by atoms with Crippen LogP contribution >= 0.6 is 11.8 Å². The number of thioether (sulfide) groups is 1. The van der Waals surface area contributed by atoms with Crippen molar-refractivity contribution < 1.29 is 9.90 Å². The van der Waals surface area contributed by atoms with Gasteiger partial charge in [-0.25, -0.2) is 4.98 Å². The highest BCUT2D eigenvalue weighted by Gasteiger charge is 2.07. The third kappa shape index (κ3) is 3.32. The molecule has 17 heavy (non-hydrogen) atoms. The minimum absolute atomic E-state index is 0.0131. The molecule has 0 saturated heterocycles.